The molecule has 0 saturated carbocycles. The second-order valence-electron chi connectivity index (χ2n) is 12.1. The smallest absolute Gasteiger partial charge is 0.306 e. The summed E-state index contributed by atoms with van der Waals surface area (Å²) in [5, 5.41) is 5.78. The minimum atomic E-state index is -4.38. The molecule has 0 radical (unpaired) electrons. The Balaban J connectivity index is 1.35. The van der Waals surface area contributed by atoms with E-state index in [0.717, 1.165) is 11.7 Å². The number of nitrogens with zero attached hydrogens (tertiary/aromatic N) is 3. The summed E-state index contributed by atoms with van der Waals surface area (Å²) in [5.41, 5.74) is 0.0920. The van der Waals surface area contributed by atoms with E-state index in [2.05, 4.69) is 19.4 Å². The van der Waals surface area contributed by atoms with Gasteiger partial charge in [0.05, 0.1) is 36.6 Å². The lowest BCUT2D eigenvalue weighted by atomic mass is 10.1. The maximum absolute atomic E-state index is 13.1. The predicted octanol–water partition coefficient (Wildman–Crippen LogP) is 1.62. The van der Waals surface area contributed by atoms with E-state index in [1.165, 1.54) is 6.07 Å². The highest BCUT2D eigenvalue weighted by molar-refractivity contribution is 7.95. The van der Waals surface area contributed by atoms with Gasteiger partial charge in [-0.25, -0.2) is 21.6 Å². The summed E-state index contributed by atoms with van der Waals surface area (Å²) in [7, 11) is -8.09. The molecule has 258 valence electrons. The van der Waals surface area contributed by atoms with Gasteiger partial charge < -0.3 is 29.7 Å². The van der Waals surface area contributed by atoms with Crippen molar-refractivity contribution in [1.82, 2.24) is 24.1 Å². The van der Waals surface area contributed by atoms with Crippen LogP contribution >= 0.6 is 23.1 Å². The quantitative estimate of drug-likeness (QED) is 0.238. The van der Waals surface area contributed by atoms with Crippen molar-refractivity contribution in [3.63, 3.8) is 0 Å². The zero-order valence-electron chi connectivity index (χ0n) is 26.5. The van der Waals surface area contributed by atoms with E-state index in [-0.39, 0.29) is 39.6 Å². The number of rotatable bonds is 14. The Hall–Kier alpha value is -2.42. The fourth-order valence-electron chi connectivity index (χ4n) is 4.84. The molecule has 1 amide bonds. The number of ether oxygens (including phenoxy) is 3. The van der Waals surface area contributed by atoms with Crippen LogP contribution in [0.4, 0.5) is 5.82 Å². The van der Waals surface area contributed by atoms with E-state index in [9.17, 15) is 26.4 Å². The summed E-state index contributed by atoms with van der Waals surface area (Å²) in [4.78, 5) is 27.4. The first-order chi connectivity index (χ1) is 21.6. The molecule has 2 aromatic heterocycles. The van der Waals surface area contributed by atoms with Crippen molar-refractivity contribution in [1.29, 1.82) is 0 Å². The van der Waals surface area contributed by atoms with E-state index in [0.29, 0.717) is 67.9 Å². The van der Waals surface area contributed by atoms with E-state index < -0.39 is 49.5 Å². The number of hydrogen-bond acceptors (Lipinski definition) is 16. The van der Waals surface area contributed by atoms with Gasteiger partial charge in [-0.2, -0.15) is 4.37 Å². The number of nitrogens with one attached hydrogen (secondary N) is 3. The third-order valence-corrected chi connectivity index (χ3v) is 13.5. The van der Waals surface area contributed by atoms with Gasteiger partial charge in [0.2, 0.25) is 11.7 Å². The van der Waals surface area contributed by atoms with Crippen LogP contribution in [0.15, 0.2) is 14.5 Å². The average Bonchev–Trinajstić information content (AvgIpc) is 3.65. The SMILES string of the molecule is CCN[C@H]1C[C@H](C)S(=O)(=O)c2sc(S(=O)(=O)NC(=O)CCC(=O)O[C@@H](CNC(C)(C)C)COc3nsnc3N3CCOCC3)cc21. The molecule has 0 unspecified atom stereocenters. The van der Waals surface area contributed by atoms with Crippen LogP contribution in [0.2, 0.25) is 0 Å². The van der Waals surface area contributed by atoms with E-state index in [1.807, 2.05) is 37.3 Å². The fraction of sp³-hybridized carbons (Fsp3) is 0.704. The van der Waals surface area contributed by atoms with Gasteiger partial charge in [-0.3, -0.25) is 9.59 Å². The molecule has 0 aliphatic carbocycles. The first kappa shape index (κ1) is 36.4. The lowest BCUT2D eigenvalue weighted by Crippen LogP contribution is -2.44. The Morgan fingerprint density at radius 1 is 1.20 bits per heavy atom. The number of hydrogen-bond donors (Lipinski definition) is 3. The molecule has 0 bridgehead atoms. The number of morpholine rings is 1. The molecule has 15 nitrogen and oxygen atoms in total. The number of sulfone groups is 1. The Bertz CT molecular complexity index is 1580. The van der Waals surface area contributed by atoms with Crippen LogP contribution in [0.25, 0.3) is 0 Å². The number of sulfonamides is 1. The zero-order chi connectivity index (χ0) is 33.7. The van der Waals surface area contributed by atoms with Crippen LogP contribution in [0.5, 0.6) is 5.88 Å². The lowest BCUT2D eigenvalue weighted by Gasteiger charge is -2.27. The minimum absolute atomic E-state index is 0.0174. The second-order valence-corrected chi connectivity index (χ2v) is 18.1. The molecule has 0 aromatic carbocycles. The average molecular weight is 723 g/mol. The molecule has 1 saturated heterocycles. The van der Waals surface area contributed by atoms with Crippen molar-refractivity contribution in [2.24, 2.45) is 0 Å². The molecular weight excluding hydrogens is 681 g/mol. The number of aromatic nitrogens is 2. The first-order valence-corrected chi connectivity index (χ1v) is 19.6. The number of thiophene rings is 1. The van der Waals surface area contributed by atoms with Gasteiger partial charge in [0.1, 0.15) is 21.1 Å². The van der Waals surface area contributed by atoms with Crippen molar-refractivity contribution in [3.8, 4) is 5.88 Å². The second kappa shape index (κ2) is 15.2. The van der Waals surface area contributed by atoms with Crippen molar-refractivity contribution in [2.75, 3.05) is 50.9 Å². The van der Waals surface area contributed by atoms with Gasteiger partial charge in [-0.05, 0) is 46.7 Å². The number of esters is 1. The molecule has 3 N–H and O–H groups in total. The first-order valence-electron chi connectivity index (χ1n) is 15.0. The molecule has 4 rings (SSSR count). The monoisotopic (exact) mass is 722 g/mol. The van der Waals surface area contributed by atoms with Gasteiger partial charge in [0, 0.05) is 43.2 Å². The van der Waals surface area contributed by atoms with Gasteiger partial charge >= 0.3 is 5.97 Å². The predicted molar refractivity (Wildman–Crippen MR) is 173 cm³/mol. The third-order valence-electron chi connectivity index (χ3n) is 7.27. The van der Waals surface area contributed by atoms with Crippen LogP contribution in [0.1, 0.15) is 65.5 Å². The van der Waals surface area contributed by atoms with Crippen LogP contribution in [-0.4, -0.2) is 100 Å². The molecule has 2 aromatic rings. The van der Waals surface area contributed by atoms with Gasteiger partial charge in [0.15, 0.2) is 9.84 Å². The topological polar surface area (TPSA) is 195 Å². The summed E-state index contributed by atoms with van der Waals surface area (Å²) in [5.74, 6) is -0.729. The summed E-state index contributed by atoms with van der Waals surface area (Å²) in [6, 6.07) is 0.974. The van der Waals surface area contributed by atoms with Gasteiger partial charge in [0.25, 0.3) is 15.9 Å². The molecule has 46 heavy (non-hydrogen) atoms. The number of fused-ring (bicyclic) bond motifs is 1. The minimum Gasteiger partial charge on any atom is -0.470 e. The molecular formula is C27H42N6O9S4. The maximum atomic E-state index is 13.1. The highest BCUT2D eigenvalue weighted by Gasteiger charge is 2.39. The zero-order valence-corrected chi connectivity index (χ0v) is 29.8. The molecule has 4 heterocycles. The number of amides is 1. The van der Waals surface area contributed by atoms with Crippen molar-refractivity contribution >= 4 is 60.6 Å². The molecule has 1 fully saturated rings. The number of anilines is 1. The van der Waals surface area contributed by atoms with Crippen LogP contribution in [0.3, 0.4) is 0 Å². The van der Waals surface area contributed by atoms with E-state index in [4.69, 9.17) is 14.2 Å². The van der Waals surface area contributed by atoms with Gasteiger partial charge in [-0.15, -0.1) is 15.7 Å². The molecule has 0 spiro atoms. The van der Waals surface area contributed by atoms with E-state index >= 15 is 0 Å². The Morgan fingerprint density at radius 2 is 1.91 bits per heavy atom. The van der Waals surface area contributed by atoms with Crippen molar-refractivity contribution in [2.45, 2.75) is 85.2 Å². The van der Waals surface area contributed by atoms with Gasteiger partial charge in [-0.1, -0.05) is 6.92 Å². The summed E-state index contributed by atoms with van der Waals surface area (Å²) in [6.07, 6.45) is -1.29. The van der Waals surface area contributed by atoms with Crippen LogP contribution < -0.4 is 25.0 Å². The van der Waals surface area contributed by atoms with Crippen molar-refractivity contribution in [3.05, 3.63) is 11.6 Å². The highest BCUT2D eigenvalue weighted by Crippen LogP contribution is 2.42. The van der Waals surface area contributed by atoms with Crippen LogP contribution in [0, 0.1) is 0 Å². The number of carbonyl (C=O) groups is 2. The Labute approximate surface area is 278 Å². The lowest BCUT2D eigenvalue weighted by molar-refractivity contribution is -0.151. The number of carbonyl (C=O) groups excluding carboxylic acids is 2. The summed E-state index contributed by atoms with van der Waals surface area (Å²) >= 11 is 1.63. The standard InChI is InChI=1S/C27H42N6O9S4/c1-6-28-20-13-17(2)45(36,37)26-19(20)14-23(43-26)46(38,39)32-21(34)7-8-22(35)42-18(15-29-27(3,4)5)16-41-25-24(30-44-31-25)33-9-11-40-12-10-33/h14,17-18,20,28-29H,6-13,15-16H2,1-5H3,(H,32,34)/t17-,18-,20-/m0/s1. The van der Waals surface area contributed by atoms with E-state index in [1.54, 1.807) is 6.92 Å². The fourth-order valence-corrected chi connectivity index (χ4v) is 10.4. The normalized spacial score (nSPS) is 20.5. The largest absolute Gasteiger partial charge is 0.470 e. The third kappa shape index (κ3) is 9.35. The molecule has 2 aliphatic rings. The Morgan fingerprint density at radius 3 is 2.59 bits per heavy atom. The Kier molecular flexibility index (Phi) is 12.0. The summed E-state index contributed by atoms with van der Waals surface area (Å²) < 4.78 is 79.1. The highest BCUT2D eigenvalue weighted by atomic mass is 32.3. The van der Waals surface area contributed by atoms with Crippen molar-refractivity contribution < 1.29 is 40.6 Å². The maximum Gasteiger partial charge on any atom is 0.306 e. The van der Waals surface area contributed by atoms with Crippen LogP contribution in [-0.2, 0) is 38.9 Å². The summed E-state index contributed by atoms with van der Waals surface area (Å²) in [6.45, 7) is 12.5. The molecule has 2 aliphatic heterocycles. The molecule has 3 atom stereocenters. The molecule has 19 heteroatoms.